The summed E-state index contributed by atoms with van der Waals surface area (Å²) >= 11 is 3.67. The van der Waals surface area contributed by atoms with Crippen LogP contribution in [0.3, 0.4) is 0 Å². The Bertz CT molecular complexity index is 419. The van der Waals surface area contributed by atoms with Gasteiger partial charge in [-0.15, -0.1) is 0 Å². The summed E-state index contributed by atoms with van der Waals surface area (Å²) < 4.78 is 3.21. The van der Waals surface area contributed by atoms with Crippen molar-refractivity contribution in [2.45, 2.75) is 58.7 Å². The van der Waals surface area contributed by atoms with Gasteiger partial charge in [0.05, 0.1) is 15.9 Å². The molecule has 108 valence electrons. The Labute approximate surface area is 123 Å². The van der Waals surface area contributed by atoms with Gasteiger partial charge < -0.3 is 10.4 Å². The van der Waals surface area contributed by atoms with Crippen molar-refractivity contribution in [1.82, 2.24) is 15.1 Å². The molecule has 2 N–H and O–H groups in total. The van der Waals surface area contributed by atoms with Crippen LogP contribution in [0.5, 0.6) is 0 Å². The Morgan fingerprint density at radius 3 is 2.84 bits per heavy atom. The molecule has 2 rings (SSSR count). The van der Waals surface area contributed by atoms with Crippen LogP contribution >= 0.6 is 15.9 Å². The molecule has 1 fully saturated rings. The monoisotopic (exact) mass is 329 g/mol. The average Bonchev–Trinajstić information content (AvgIpc) is 3.00. The molecule has 1 heterocycles. The minimum absolute atomic E-state index is 0.298. The molecule has 4 nitrogen and oxygen atoms in total. The molecule has 1 aromatic heterocycles. The van der Waals surface area contributed by atoms with Crippen LogP contribution < -0.4 is 5.32 Å². The maximum Gasteiger partial charge on any atom is 0.0767 e. The van der Waals surface area contributed by atoms with E-state index >= 15 is 0 Å². The predicted octanol–water partition coefficient (Wildman–Crippen LogP) is 2.48. The van der Waals surface area contributed by atoms with Gasteiger partial charge in [0.15, 0.2) is 0 Å². The number of hydrogen-bond acceptors (Lipinski definition) is 3. The molecule has 5 heteroatoms. The molecule has 2 unspecified atom stereocenters. The van der Waals surface area contributed by atoms with Crippen LogP contribution in [-0.2, 0) is 19.5 Å². The number of hydrogen-bond donors (Lipinski definition) is 2. The van der Waals surface area contributed by atoms with Gasteiger partial charge in [0.1, 0.15) is 0 Å². The lowest BCUT2D eigenvalue weighted by Gasteiger charge is -2.19. The van der Waals surface area contributed by atoms with Crippen LogP contribution in [0.25, 0.3) is 0 Å². The van der Waals surface area contributed by atoms with Crippen molar-refractivity contribution in [3.8, 4) is 0 Å². The largest absolute Gasteiger partial charge is 0.396 e. The van der Waals surface area contributed by atoms with Gasteiger partial charge in [-0.2, -0.15) is 5.10 Å². The number of aromatic nitrogens is 2. The fourth-order valence-corrected chi connectivity index (χ4v) is 3.64. The number of nitrogens with zero attached hydrogens (tertiary/aromatic N) is 2. The Morgan fingerprint density at radius 2 is 2.21 bits per heavy atom. The highest BCUT2D eigenvalue weighted by molar-refractivity contribution is 9.10. The molecule has 0 spiro atoms. The molecule has 0 aliphatic heterocycles. The van der Waals surface area contributed by atoms with Crippen molar-refractivity contribution in [2.24, 2.45) is 5.92 Å². The molecule has 2 atom stereocenters. The lowest BCUT2D eigenvalue weighted by molar-refractivity contribution is 0.204. The summed E-state index contributed by atoms with van der Waals surface area (Å²) in [5.41, 5.74) is 2.35. The second-order valence-electron chi connectivity index (χ2n) is 5.24. The molecule has 19 heavy (non-hydrogen) atoms. The lowest BCUT2D eigenvalue weighted by atomic mass is 10.1. The van der Waals surface area contributed by atoms with Crippen LogP contribution in [0, 0.1) is 5.92 Å². The van der Waals surface area contributed by atoms with Crippen LogP contribution in [-0.4, -0.2) is 27.5 Å². The molecule has 0 bridgehead atoms. The molecule has 0 amide bonds. The second kappa shape index (κ2) is 6.86. The smallest absolute Gasteiger partial charge is 0.0767 e. The summed E-state index contributed by atoms with van der Waals surface area (Å²) in [5.74, 6) is 0.419. The fraction of sp³-hybridized carbons (Fsp3) is 0.786. The highest BCUT2D eigenvalue weighted by Gasteiger charge is 2.26. The molecule has 1 aromatic rings. The van der Waals surface area contributed by atoms with E-state index in [2.05, 4.69) is 44.9 Å². The third-order valence-electron chi connectivity index (χ3n) is 4.12. The summed E-state index contributed by atoms with van der Waals surface area (Å²) in [6.45, 7) is 6.26. The van der Waals surface area contributed by atoms with Crippen molar-refractivity contribution in [3.63, 3.8) is 0 Å². The van der Waals surface area contributed by atoms with Gasteiger partial charge in [-0.05, 0) is 48.0 Å². The number of halogens is 1. The highest BCUT2D eigenvalue weighted by Crippen LogP contribution is 2.27. The van der Waals surface area contributed by atoms with E-state index in [1.165, 1.54) is 18.5 Å². The zero-order valence-electron chi connectivity index (χ0n) is 11.8. The average molecular weight is 330 g/mol. The summed E-state index contributed by atoms with van der Waals surface area (Å²) in [6.07, 6.45) is 4.48. The summed E-state index contributed by atoms with van der Waals surface area (Å²) in [4.78, 5) is 0. The molecule has 0 saturated heterocycles. The van der Waals surface area contributed by atoms with E-state index in [1.54, 1.807) is 0 Å². The highest BCUT2D eigenvalue weighted by atomic mass is 79.9. The van der Waals surface area contributed by atoms with Gasteiger partial charge in [0.2, 0.25) is 0 Å². The molecule has 0 aromatic carbocycles. The Hall–Kier alpha value is -0.390. The lowest BCUT2D eigenvalue weighted by Crippen LogP contribution is -2.34. The SMILES string of the molecule is CCc1nn(CC)c(CNC2CCCC2CO)c1Br. The predicted molar refractivity (Wildman–Crippen MR) is 80.0 cm³/mol. The first kappa shape index (κ1) is 15.0. The number of nitrogens with one attached hydrogen (secondary N) is 1. The van der Waals surface area contributed by atoms with Crippen molar-refractivity contribution in [2.75, 3.05) is 6.61 Å². The fourth-order valence-electron chi connectivity index (χ4n) is 2.94. The molecular formula is C14H24BrN3O. The number of rotatable bonds is 6. The van der Waals surface area contributed by atoms with Gasteiger partial charge in [0, 0.05) is 25.7 Å². The molecular weight excluding hydrogens is 306 g/mol. The molecule has 0 radical (unpaired) electrons. The van der Waals surface area contributed by atoms with Crippen molar-refractivity contribution < 1.29 is 5.11 Å². The number of aryl methyl sites for hydroxylation is 2. The van der Waals surface area contributed by atoms with E-state index in [9.17, 15) is 5.11 Å². The normalized spacial score (nSPS) is 23.2. The van der Waals surface area contributed by atoms with Gasteiger partial charge in [-0.1, -0.05) is 13.3 Å². The minimum Gasteiger partial charge on any atom is -0.396 e. The second-order valence-corrected chi connectivity index (χ2v) is 6.03. The molecule has 1 aliphatic carbocycles. The maximum atomic E-state index is 9.36. The van der Waals surface area contributed by atoms with E-state index in [0.29, 0.717) is 18.6 Å². The number of aliphatic hydroxyl groups excluding tert-OH is 1. The minimum atomic E-state index is 0.298. The third kappa shape index (κ3) is 3.20. The summed E-state index contributed by atoms with van der Waals surface area (Å²) in [6, 6.07) is 0.446. The van der Waals surface area contributed by atoms with Crippen LogP contribution in [0.2, 0.25) is 0 Å². The zero-order chi connectivity index (χ0) is 13.8. The summed E-state index contributed by atoms with van der Waals surface area (Å²) in [5, 5.41) is 17.6. The van der Waals surface area contributed by atoms with Crippen LogP contribution in [0.4, 0.5) is 0 Å². The first-order valence-corrected chi connectivity index (χ1v) is 8.08. The molecule has 1 saturated carbocycles. The van der Waals surface area contributed by atoms with Gasteiger partial charge >= 0.3 is 0 Å². The number of aliphatic hydroxyl groups is 1. The molecule has 1 aliphatic rings. The van der Waals surface area contributed by atoms with Crippen molar-refractivity contribution in [3.05, 3.63) is 15.9 Å². The van der Waals surface area contributed by atoms with E-state index in [4.69, 9.17) is 0 Å². The van der Waals surface area contributed by atoms with Gasteiger partial charge in [-0.25, -0.2) is 0 Å². The van der Waals surface area contributed by atoms with E-state index < -0.39 is 0 Å². The van der Waals surface area contributed by atoms with Gasteiger partial charge in [0.25, 0.3) is 0 Å². The van der Waals surface area contributed by atoms with Crippen LogP contribution in [0.15, 0.2) is 4.47 Å². The zero-order valence-corrected chi connectivity index (χ0v) is 13.4. The standard InChI is InChI=1S/C14H24BrN3O/c1-3-11-14(15)13(18(4-2)17-11)8-16-12-7-5-6-10(12)9-19/h10,12,16,19H,3-9H2,1-2H3. The summed E-state index contributed by atoms with van der Waals surface area (Å²) in [7, 11) is 0. The van der Waals surface area contributed by atoms with Crippen molar-refractivity contribution >= 4 is 15.9 Å². The Kier molecular flexibility index (Phi) is 5.42. The van der Waals surface area contributed by atoms with E-state index in [1.807, 2.05) is 0 Å². The topological polar surface area (TPSA) is 50.1 Å². The van der Waals surface area contributed by atoms with Crippen molar-refractivity contribution in [1.29, 1.82) is 0 Å². The Balaban J connectivity index is 2.04. The first-order chi connectivity index (χ1) is 9.21. The third-order valence-corrected chi connectivity index (χ3v) is 5.03. The van der Waals surface area contributed by atoms with E-state index in [0.717, 1.165) is 36.1 Å². The Morgan fingerprint density at radius 1 is 1.42 bits per heavy atom. The first-order valence-electron chi connectivity index (χ1n) is 7.29. The van der Waals surface area contributed by atoms with E-state index in [-0.39, 0.29) is 0 Å². The quantitative estimate of drug-likeness (QED) is 0.842. The van der Waals surface area contributed by atoms with Crippen LogP contribution in [0.1, 0.15) is 44.5 Å². The maximum absolute atomic E-state index is 9.36. The van der Waals surface area contributed by atoms with Gasteiger partial charge in [-0.3, -0.25) is 4.68 Å².